The largest absolute Gasteiger partial charge is 0.481 e. The van der Waals surface area contributed by atoms with Crippen LogP contribution in [0.1, 0.15) is 32.4 Å². The molecule has 0 saturated heterocycles. The Morgan fingerprint density at radius 3 is 2.54 bits per heavy atom. The number of aliphatic hydroxyl groups is 1. The summed E-state index contributed by atoms with van der Waals surface area (Å²) in [6, 6.07) is 3.33. The van der Waals surface area contributed by atoms with E-state index in [-0.39, 0.29) is 17.2 Å². The Hall–Kier alpha value is -1.57. The Morgan fingerprint density at radius 1 is 1.29 bits per heavy atom. The summed E-state index contributed by atoms with van der Waals surface area (Å²) >= 11 is 0. The van der Waals surface area contributed by atoms with Gasteiger partial charge in [-0.25, -0.2) is 9.37 Å². The molecule has 1 unspecified atom stereocenters. The highest BCUT2D eigenvalue weighted by Gasteiger charge is 2.38. The fraction of sp³-hybridized carbons (Fsp3) is 0.529. The monoisotopic (exact) mass is 352 g/mol. The molecular weight excluding hydrogens is 327 g/mol. The summed E-state index contributed by atoms with van der Waals surface area (Å²) in [6.45, 7) is 10.5. The number of hydrogen-bond acceptors (Lipinski definition) is 5. The Kier molecular flexibility index (Phi) is 5.27. The molecule has 24 heavy (non-hydrogen) atoms. The van der Waals surface area contributed by atoms with Crippen molar-refractivity contribution in [1.82, 2.24) is 9.97 Å². The number of rotatable bonds is 5. The lowest BCUT2D eigenvalue weighted by molar-refractivity contribution is 0.0983. The summed E-state index contributed by atoms with van der Waals surface area (Å²) in [7, 11) is -0.563. The van der Waals surface area contributed by atoms with Crippen molar-refractivity contribution in [3.8, 4) is 5.88 Å². The minimum absolute atomic E-state index is 0.00699. The van der Waals surface area contributed by atoms with Crippen molar-refractivity contribution in [2.24, 2.45) is 0 Å². The van der Waals surface area contributed by atoms with Gasteiger partial charge in [0.25, 0.3) is 0 Å². The molecule has 0 saturated carbocycles. The maximum absolute atomic E-state index is 14.3. The van der Waals surface area contributed by atoms with Crippen LogP contribution in [0.5, 0.6) is 5.88 Å². The first-order chi connectivity index (χ1) is 11.1. The van der Waals surface area contributed by atoms with Gasteiger partial charge in [-0.05, 0) is 24.2 Å². The molecule has 2 rings (SSSR count). The van der Waals surface area contributed by atoms with Gasteiger partial charge < -0.3 is 14.3 Å². The first kappa shape index (κ1) is 18.8. The highest BCUT2D eigenvalue weighted by Crippen LogP contribution is 2.37. The molecule has 0 spiro atoms. The Labute approximate surface area is 143 Å². The van der Waals surface area contributed by atoms with Crippen LogP contribution in [-0.4, -0.2) is 37.1 Å². The fourth-order valence-corrected chi connectivity index (χ4v) is 3.07. The summed E-state index contributed by atoms with van der Waals surface area (Å²) in [5.74, 6) is -0.261. The Bertz CT molecular complexity index is 732. The van der Waals surface area contributed by atoms with Gasteiger partial charge in [-0.3, -0.25) is 4.98 Å². The van der Waals surface area contributed by atoms with Gasteiger partial charge >= 0.3 is 0 Å². The van der Waals surface area contributed by atoms with E-state index in [1.807, 2.05) is 0 Å². The smallest absolute Gasteiger partial charge is 0.213 e. The standard InChI is InChI=1S/C17H25FN2O3Si/c1-17(2,3)24(5,6)23-10-13(21)15-11(18)9-19-12-7-8-14(22-4)20-16(12)15/h7-9,13,21H,10H2,1-6H3. The number of fused-ring (bicyclic) bond motifs is 1. The molecule has 0 radical (unpaired) electrons. The second-order valence-corrected chi connectivity index (χ2v) is 12.1. The molecule has 0 fully saturated rings. The minimum atomic E-state index is -2.05. The van der Waals surface area contributed by atoms with Gasteiger partial charge in [-0.1, -0.05) is 20.8 Å². The molecule has 0 bridgehead atoms. The van der Waals surface area contributed by atoms with E-state index in [4.69, 9.17) is 9.16 Å². The quantitative estimate of drug-likeness (QED) is 0.829. The molecule has 0 aliphatic carbocycles. The predicted octanol–water partition coefficient (Wildman–Crippen LogP) is 3.83. The minimum Gasteiger partial charge on any atom is -0.481 e. The van der Waals surface area contributed by atoms with Gasteiger partial charge in [0.05, 0.1) is 25.4 Å². The van der Waals surface area contributed by atoms with Gasteiger partial charge in [0.1, 0.15) is 17.4 Å². The van der Waals surface area contributed by atoms with Crippen LogP contribution in [0.2, 0.25) is 18.1 Å². The summed E-state index contributed by atoms with van der Waals surface area (Å²) in [5, 5.41) is 10.5. The third-order valence-corrected chi connectivity index (χ3v) is 9.13. The molecule has 7 heteroatoms. The molecule has 1 N–H and O–H groups in total. The Balaban J connectivity index is 2.35. The van der Waals surface area contributed by atoms with Crippen LogP contribution in [0, 0.1) is 5.82 Å². The van der Waals surface area contributed by atoms with Crippen LogP contribution in [0.4, 0.5) is 4.39 Å². The van der Waals surface area contributed by atoms with E-state index in [9.17, 15) is 9.50 Å². The van der Waals surface area contributed by atoms with Crippen molar-refractivity contribution >= 4 is 19.4 Å². The van der Waals surface area contributed by atoms with E-state index in [1.54, 1.807) is 12.1 Å². The van der Waals surface area contributed by atoms with Crippen LogP contribution >= 0.6 is 0 Å². The normalized spacial score (nSPS) is 14.0. The van der Waals surface area contributed by atoms with E-state index in [0.717, 1.165) is 6.20 Å². The molecule has 0 amide bonds. The van der Waals surface area contributed by atoms with Gasteiger partial charge in [-0.15, -0.1) is 0 Å². The lowest BCUT2D eigenvalue weighted by Gasteiger charge is -2.36. The zero-order valence-electron chi connectivity index (χ0n) is 15.1. The highest BCUT2D eigenvalue weighted by molar-refractivity contribution is 6.74. The van der Waals surface area contributed by atoms with Gasteiger partial charge in [0, 0.05) is 11.6 Å². The predicted molar refractivity (Wildman–Crippen MR) is 94.2 cm³/mol. The molecule has 0 aromatic carbocycles. The molecular formula is C17H25FN2O3Si. The molecule has 0 aliphatic rings. The average Bonchev–Trinajstić information content (AvgIpc) is 2.50. The number of aliphatic hydroxyl groups excluding tert-OH is 1. The van der Waals surface area contributed by atoms with Crippen molar-refractivity contribution in [3.63, 3.8) is 0 Å². The number of halogens is 1. The zero-order chi connectivity index (χ0) is 18.1. The zero-order valence-corrected chi connectivity index (χ0v) is 16.1. The first-order valence-electron chi connectivity index (χ1n) is 7.88. The molecule has 5 nitrogen and oxygen atoms in total. The summed E-state index contributed by atoms with van der Waals surface area (Å²) in [4.78, 5) is 8.25. The molecule has 0 aliphatic heterocycles. The number of hydrogen-bond donors (Lipinski definition) is 1. The van der Waals surface area contributed by atoms with Gasteiger partial charge in [0.2, 0.25) is 5.88 Å². The first-order valence-corrected chi connectivity index (χ1v) is 10.8. The summed E-state index contributed by atoms with van der Waals surface area (Å²) in [5.41, 5.74) is 0.886. The van der Waals surface area contributed by atoms with Crippen LogP contribution in [0.15, 0.2) is 18.3 Å². The van der Waals surface area contributed by atoms with Crippen molar-refractivity contribution in [1.29, 1.82) is 0 Å². The second-order valence-electron chi connectivity index (χ2n) is 7.33. The van der Waals surface area contributed by atoms with Crippen molar-refractivity contribution in [3.05, 3.63) is 29.7 Å². The van der Waals surface area contributed by atoms with Gasteiger partial charge in [0.15, 0.2) is 8.32 Å². The fourth-order valence-electron chi connectivity index (χ4n) is 2.06. The maximum Gasteiger partial charge on any atom is 0.213 e. The van der Waals surface area contributed by atoms with Crippen molar-refractivity contribution < 1.29 is 18.7 Å². The average molecular weight is 352 g/mol. The Morgan fingerprint density at radius 2 is 1.96 bits per heavy atom. The molecule has 2 aromatic rings. The summed E-state index contributed by atoms with van der Waals surface area (Å²) in [6.07, 6.45) is -0.0225. The van der Waals surface area contributed by atoms with Crippen LogP contribution in [0.25, 0.3) is 11.0 Å². The van der Waals surface area contributed by atoms with E-state index >= 15 is 0 Å². The van der Waals surface area contributed by atoms with Gasteiger partial charge in [-0.2, -0.15) is 0 Å². The SMILES string of the molecule is COc1ccc2ncc(F)c(C(O)CO[Si](C)(C)C(C)(C)C)c2n1. The highest BCUT2D eigenvalue weighted by atomic mass is 28.4. The topological polar surface area (TPSA) is 64.5 Å². The molecule has 2 aromatic heterocycles. The van der Waals surface area contributed by atoms with Crippen LogP contribution < -0.4 is 4.74 Å². The maximum atomic E-state index is 14.3. The number of pyridine rings is 2. The second kappa shape index (κ2) is 6.74. The lowest BCUT2D eigenvalue weighted by Crippen LogP contribution is -2.41. The van der Waals surface area contributed by atoms with Crippen molar-refractivity contribution in [2.45, 2.75) is 45.0 Å². The third-order valence-electron chi connectivity index (χ3n) is 4.63. The molecule has 132 valence electrons. The number of nitrogens with zero attached hydrogens (tertiary/aromatic N) is 2. The molecule has 2 heterocycles. The summed E-state index contributed by atoms with van der Waals surface area (Å²) < 4.78 is 25.4. The van der Waals surface area contributed by atoms with Crippen molar-refractivity contribution in [2.75, 3.05) is 13.7 Å². The number of ether oxygens (including phenoxy) is 1. The van der Waals surface area contributed by atoms with E-state index in [0.29, 0.717) is 16.9 Å². The van der Waals surface area contributed by atoms with E-state index in [2.05, 4.69) is 43.8 Å². The molecule has 1 atom stereocenters. The van der Waals surface area contributed by atoms with Crippen LogP contribution in [-0.2, 0) is 4.43 Å². The van der Waals surface area contributed by atoms with E-state index in [1.165, 1.54) is 7.11 Å². The third kappa shape index (κ3) is 3.74. The van der Waals surface area contributed by atoms with E-state index < -0.39 is 20.2 Å². The number of methoxy groups -OCH3 is 1. The number of aromatic nitrogens is 2. The lowest BCUT2D eigenvalue weighted by atomic mass is 10.1. The van der Waals surface area contributed by atoms with Crippen LogP contribution in [0.3, 0.4) is 0 Å².